The van der Waals surface area contributed by atoms with E-state index in [0.29, 0.717) is 43.4 Å². The van der Waals surface area contributed by atoms with Crippen LogP contribution in [-0.2, 0) is 9.59 Å². The lowest BCUT2D eigenvalue weighted by Crippen LogP contribution is -2.67. The minimum atomic E-state index is -0.817. The minimum absolute atomic E-state index is 0.0357. The maximum Gasteiger partial charge on any atom is 0.303 e. The smallest absolute Gasteiger partial charge is 0.303 e. The number of carbonyl (C=O) groups is 2. The van der Waals surface area contributed by atoms with Crippen LogP contribution in [0.4, 0.5) is 0 Å². The molecular formula is C16H31N2O6+. The van der Waals surface area contributed by atoms with Gasteiger partial charge >= 0.3 is 11.9 Å². The lowest BCUT2D eigenvalue weighted by Gasteiger charge is -2.50. The lowest BCUT2D eigenvalue weighted by atomic mass is 10.0. The predicted molar refractivity (Wildman–Crippen MR) is 87.6 cm³/mol. The summed E-state index contributed by atoms with van der Waals surface area (Å²) in [6.07, 6.45) is 2.01. The topological polar surface area (TPSA) is 118 Å². The molecule has 4 N–H and O–H groups in total. The summed E-state index contributed by atoms with van der Waals surface area (Å²) in [5, 5.41) is 36.5. The number of nitrogens with zero attached hydrogens (tertiary/aromatic N) is 2. The third kappa shape index (κ3) is 6.72. The van der Waals surface area contributed by atoms with Gasteiger partial charge in [-0.1, -0.05) is 0 Å². The van der Waals surface area contributed by atoms with Crippen LogP contribution in [0.5, 0.6) is 0 Å². The number of hydrogen-bond donors (Lipinski definition) is 4. The van der Waals surface area contributed by atoms with Gasteiger partial charge in [-0.05, 0) is 13.0 Å². The standard InChI is InChI=1S/C16H30N2O6/c19-11-5-14-13-17(6-1-3-15(21)22)7-9-18(14,10-12-20)8-2-4-16(23)24/h14,19-20H,1-13H2,(H-,21,22,23,24)/p+1. The van der Waals surface area contributed by atoms with Crippen LogP contribution in [-0.4, -0.2) is 100 Å². The van der Waals surface area contributed by atoms with Crippen molar-refractivity contribution < 1.29 is 34.5 Å². The third-order valence-corrected chi connectivity index (χ3v) is 4.97. The van der Waals surface area contributed by atoms with Crippen molar-refractivity contribution in [2.45, 2.75) is 38.1 Å². The van der Waals surface area contributed by atoms with Crippen molar-refractivity contribution in [3.63, 3.8) is 0 Å². The Morgan fingerprint density at radius 3 is 2.25 bits per heavy atom. The molecule has 1 rings (SSSR count). The van der Waals surface area contributed by atoms with Crippen molar-refractivity contribution in [3.8, 4) is 0 Å². The number of carboxylic acids is 2. The summed E-state index contributed by atoms with van der Waals surface area (Å²) in [5.41, 5.74) is 0. The fourth-order valence-corrected chi connectivity index (χ4v) is 3.70. The lowest BCUT2D eigenvalue weighted by molar-refractivity contribution is -0.956. The van der Waals surface area contributed by atoms with E-state index in [4.69, 9.17) is 10.2 Å². The second-order valence-corrected chi connectivity index (χ2v) is 6.57. The average molecular weight is 347 g/mol. The number of aliphatic carboxylic acids is 2. The molecule has 0 bridgehead atoms. The Morgan fingerprint density at radius 2 is 1.67 bits per heavy atom. The van der Waals surface area contributed by atoms with E-state index in [1.54, 1.807) is 0 Å². The SMILES string of the molecule is O=C(O)CCCN1CC[N+](CCO)(CCCC(=O)O)C(CCO)C1. The largest absolute Gasteiger partial charge is 0.481 e. The fourth-order valence-electron chi connectivity index (χ4n) is 3.70. The van der Waals surface area contributed by atoms with Crippen LogP contribution >= 0.6 is 0 Å². The van der Waals surface area contributed by atoms with E-state index in [0.717, 1.165) is 19.6 Å². The van der Waals surface area contributed by atoms with Gasteiger partial charge in [0, 0.05) is 32.4 Å². The zero-order valence-electron chi connectivity index (χ0n) is 14.3. The first-order valence-corrected chi connectivity index (χ1v) is 8.67. The molecule has 1 aliphatic heterocycles. The molecule has 2 unspecified atom stereocenters. The average Bonchev–Trinajstić information content (AvgIpc) is 2.50. The van der Waals surface area contributed by atoms with Crippen LogP contribution < -0.4 is 0 Å². The van der Waals surface area contributed by atoms with Crippen molar-refractivity contribution in [2.75, 3.05) is 52.5 Å². The molecule has 0 aromatic rings. The van der Waals surface area contributed by atoms with E-state index in [9.17, 15) is 19.8 Å². The van der Waals surface area contributed by atoms with Gasteiger partial charge in [0.25, 0.3) is 0 Å². The Kier molecular flexibility index (Phi) is 9.20. The number of hydrogen-bond acceptors (Lipinski definition) is 5. The molecule has 8 nitrogen and oxygen atoms in total. The number of quaternary nitrogens is 1. The highest BCUT2D eigenvalue weighted by molar-refractivity contribution is 5.66. The van der Waals surface area contributed by atoms with E-state index in [-0.39, 0.29) is 32.1 Å². The number of aliphatic hydroxyl groups is 2. The third-order valence-electron chi connectivity index (χ3n) is 4.97. The summed E-state index contributed by atoms with van der Waals surface area (Å²) in [5.74, 6) is -1.61. The fraction of sp³-hybridized carbons (Fsp3) is 0.875. The van der Waals surface area contributed by atoms with Gasteiger partial charge < -0.3 is 24.9 Å². The number of rotatable bonds is 12. The van der Waals surface area contributed by atoms with Crippen molar-refractivity contribution in [2.24, 2.45) is 0 Å². The quantitative estimate of drug-likeness (QED) is 0.355. The Labute approximate surface area is 142 Å². The predicted octanol–water partition coefficient (Wildman–Crippen LogP) is -0.408. The first kappa shape index (κ1) is 20.8. The summed E-state index contributed by atoms with van der Waals surface area (Å²) in [6.45, 7) is 4.38. The molecule has 1 aliphatic rings. The van der Waals surface area contributed by atoms with E-state index >= 15 is 0 Å². The van der Waals surface area contributed by atoms with Crippen molar-refractivity contribution in [3.05, 3.63) is 0 Å². The van der Waals surface area contributed by atoms with Crippen LogP contribution in [0.1, 0.15) is 32.1 Å². The molecule has 0 spiro atoms. The highest BCUT2D eigenvalue weighted by Gasteiger charge is 2.40. The molecule has 0 saturated carbocycles. The Hall–Kier alpha value is -1.22. The molecule has 8 heteroatoms. The Morgan fingerprint density at radius 1 is 1.00 bits per heavy atom. The van der Waals surface area contributed by atoms with Crippen LogP contribution in [0.3, 0.4) is 0 Å². The maximum absolute atomic E-state index is 10.8. The van der Waals surface area contributed by atoms with E-state index in [2.05, 4.69) is 4.90 Å². The number of piperazine rings is 1. The number of carboxylic acid groups (broad SMARTS) is 2. The van der Waals surface area contributed by atoms with Gasteiger partial charge in [0.15, 0.2) is 0 Å². The Bertz CT molecular complexity index is 406. The van der Waals surface area contributed by atoms with E-state index in [1.807, 2.05) is 0 Å². The molecular weight excluding hydrogens is 316 g/mol. The summed E-state index contributed by atoms with van der Waals surface area (Å²) in [7, 11) is 0. The molecule has 1 heterocycles. The molecule has 1 saturated heterocycles. The monoisotopic (exact) mass is 347 g/mol. The van der Waals surface area contributed by atoms with Crippen LogP contribution in [0.2, 0.25) is 0 Å². The minimum Gasteiger partial charge on any atom is -0.481 e. The summed E-state index contributed by atoms with van der Waals surface area (Å²) in [6, 6.07) is 0.134. The van der Waals surface area contributed by atoms with Crippen molar-refractivity contribution in [1.82, 2.24) is 4.90 Å². The van der Waals surface area contributed by atoms with Crippen molar-refractivity contribution >= 4 is 11.9 Å². The summed E-state index contributed by atoms with van der Waals surface area (Å²) >= 11 is 0. The Balaban J connectivity index is 2.68. The van der Waals surface area contributed by atoms with Gasteiger partial charge in [-0.3, -0.25) is 14.5 Å². The zero-order valence-corrected chi connectivity index (χ0v) is 14.3. The summed E-state index contributed by atoms with van der Waals surface area (Å²) in [4.78, 5) is 23.6. The van der Waals surface area contributed by atoms with Gasteiger partial charge in [0.05, 0.1) is 32.7 Å². The van der Waals surface area contributed by atoms with Gasteiger partial charge in [-0.25, -0.2) is 0 Å². The second kappa shape index (κ2) is 10.6. The van der Waals surface area contributed by atoms with Crippen LogP contribution in [0.15, 0.2) is 0 Å². The highest BCUT2D eigenvalue weighted by Crippen LogP contribution is 2.24. The van der Waals surface area contributed by atoms with Crippen LogP contribution in [0.25, 0.3) is 0 Å². The van der Waals surface area contributed by atoms with Crippen LogP contribution in [0, 0.1) is 0 Å². The molecule has 0 aliphatic carbocycles. The summed E-state index contributed by atoms with van der Waals surface area (Å²) < 4.78 is 0.639. The van der Waals surface area contributed by atoms with Crippen molar-refractivity contribution in [1.29, 1.82) is 0 Å². The molecule has 2 atom stereocenters. The molecule has 0 aromatic carbocycles. The first-order valence-electron chi connectivity index (χ1n) is 8.67. The normalized spacial score (nSPS) is 24.8. The maximum atomic E-state index is 10.8. The van der Waals surface area contributed by atoms with Gasteiger partial charge in [-0.2, -0.15) is 0 Å². The molecule has 140 valence electrons. The molecule has 1 fully saturated rings. The highest BCUT2D eigenvalue weighted by atomic mass is 16.4. The van der Waals surface area contributed by atoms with E-state index < -0.39 is 11.9 Å². The molecule has 0 radical (unpaired) electrons. The molecule has 24 heavy (non-hydrogen) atoms. The van der Waals surface area contributed by atoms with Gasteiger partial charge in [0.2, 0.25) is 0 Å². The van der Waals surface area contributed by atoms with E-state index in [1.165, 1.54) is 0 Å². The molecule has 0 aromatic heterocycles. The molecule has 0 amide bonds. The second-order valence-electron chi connectivity index (χ2n) is 6.57. The zero-order chi connectivity index (χ0) is 18.0. The first-order chi connectivity index (χ1) is 11.4. The number of aliphatic hydroxyl groups excluding tert-OH is 2. The van der Waals surface area contributed by atoms with Gasteiger partial charge in [0.1, 0.15) is 12.6 Å². The van der Waals surface area contributed by atoms with Gasteiger partial charge in [-0.15, -0.1) is 0 Å².